The Morgan fingerprint density at radius 3 is 1.51 bits per heavy atom. The van der Waals surface area contributed by atoms with Crippen LogP contribution in [-0.2, 0) is 12.8 Å². The van der Waals surface area contributed by atoms with Gasteiger partial charge in [-0.1, -0.05) is 84.9 Å². The summed E-state index contributed by atoms with van der Waals surface area (Å²) < 4.78 is 0. The standard InChI is InChI=1S/C47H42N10OS/c1-56-25-27-57(28-26-56)45(58)35-15-13-33(14-16-35)37-21-23-39-43(48-37)41(29-31-9-5-3-6-10-31)52-46(50-39)54-55-47-51-40-24-22-38(34-17-19-36(59-2)20-18-34)49-44(40)42(53-47)30-32-11-7-4-8-12-32/h3-24H,25-30H2,1-2H3,(H,50,52,54)(H,51,53,55). The van der Waals surface area contributed by atoms with Crippen LogP contribution >= 0.6 is 11.8 Å². The van der Waals surface area contributed by atoms with E-state index >= 15 is 0 Å². The molecule has 0 bridgehead atoms. The highest BCUT2D eigenvalue weighted by Gasteiger charge is 2.21. The molecule has 0 atom stereocenters. The van der Waals surface area contributed by atoms with Gasteiger partial charge < -0.3 is 9.80 Å². The molecule has 0 aliphatic carbocycles. The third-order valence-electron chi connectivity index (χ3n) is 10.5. The van der Waals surface area contributed by atoms with Crippen LogP contribution in [0.3, 0.4) is 0 Å². The van der Waals surface area contributed by atoms with E-state index in [-0.39, 0.29) is 5.91 Å². The first-order valence-corrected chi connectivity index (χ1v) is 20.9. The predicted octanol–water partition coefficient (Wildman–Crippen LogP) is 8.43. The van der Waals surface area contributed by atoms with Gasteiger partial charge in [0, 0.05) is 60.6 Å². The highest BCUT2D eigenvalue weighted by molar-refractivity contribution is 7.98. The van der Waals surface area contributed by atoms with Crippen molar-refractivity contribution in [2.75, 3.05) is 50.3 Å². The number of benzene rings is 4. The van der Waals surface area contributed by atoms with Gasteiger partial charge in [-0.2, -0.15) is 0 Å². The number of anilines is 2. The van der Waals surface area contributed by atoms with Crippen LogP contribution in [0.2, 0.25) is 0 Å². The number of thioether (sulfide) groups is 1. The summed E-state index contributed by atoms with van der Waals surface area (Å²) in [6.45, 7) is 3.23. The number of aromatic nitrogens is 6. The van der Waals surface area contributed by atoms with Crippen LogP contribution in [0.15, 0.2) is 138 Å². The van der Waals surface area contributed by atoms with Crippen molar-refractivity contribution in [3.63, 3.8) is 0 Å². The molecule has 1 aliphatic rings. The average molecular weight is 795 g/mol. The molecule has 9 rings (SSSR count). The van der Waals surface area contributed by atoms with E-state index in [9.17, 15) is 4.79 Å². The third-order valence-corrected chi connectivity index (χ3v) is 11.3. The van der Waals surface area contributed by atoms with E-state index in [4.69, 9.17) is 29.9 Å². The van der Waals surface area contributed by atoms with Crippen molar-refractivity contribution < 1.29 is 4.79 Å². The Kier molecular flexibility index (Phi) is 10.9. The van der Waals surface area contributed by atoms with E-state index in [0.29, 0.717) is 41.3 Å². The summed E-state index contributed by atoms with van der Waals surface area (Å²) in [4.78, 5) is 48.4. The SMILES string of the molecule is CSc1ccc(-c2ccc3nc(NNc4nc(Cc5ccccc5)c5nc(-c6ccc(C(=O)N7CCN(C)CC7)cc6)ccc5n4)nc(Cc4ccccc4)c3n2)cc1. The Bertz CT molecular complexity index is 2740. The molecule has 0 spiro atoms. The zero-order valence-electron chi connectivity index (χ0n) is 32.8. The Balaban J connectivity index is 1.01. The summed E-state index contributed by atoms with van der Waals surface area (Å²) >= 11 is 1.71. The van der Waals surface area contributed by atoms with Gasteiger partial charge in [-0.15, -0.1) is 11.8 Å². The number of hydrogen-bond donors (Lipinski definition) is 2. The number of carbonyl (C=O) groups excluding carboxylic acids is 1. The number of likely N-dealkylation sites (N-methyl/N-ethyl adjacent to an activating group) is 1. The monoisotopic (exact) mass is 794 g/mol. The molecular formula is C47H42N10OS. The second-order valence-corrected chi connectivity index (χ2v) is 15.5. The molecule has 4 aromatic heterocycles. The molecule has 12 heteroatoms. The van der Waals surface area contributed by atoms with Gasteiger partial charge >= 0.3 is 0 Å². The van der Waals surface area contributed by atoms with E-state index in [0.717, 1.165) is 82.2 Å². The van der Waals surface area contributed by atoms with Crippen LogP contribution < -0.4 is 10.9 Å². The third kappa shape index (κ3) is 8.59. The number of hydrogen-bond acceptors (Lipinski definition) is 11. The highest BCUT2D eigenvalue weighted by Crippen LogP contribution is 2.28. The van der Waals surface area contributed by atoms with Crippen LogP contribution in [0, 0.1) is 0 Å². The topological polar surface area (TPSA) is 125 Å². The van der Waals surface area contributed by atoms with Crippen molar-refractivity contribution in [1.82, 2.24) is 39.7 Å². The van der Waals surface area contributed by atoms with E-state index in [2.05, 4.69) is 77.6 Å². The Morgan fingerprint density at radius 2 is 1.03 bits per heavy atom. The number of piperazine rings is 1. The van der Waals surface area contributed by atoms with Crippen molar-refractivity contribution in [2.45, 2.75) is 17.7 Å². The maximum atomic E-state index is 13.2. The zero-order chi connectivity index (χ0) is 40.1. The molecule has 1 saturated heterocycles. The van der Waals surface area contributed by atoms with Crippen molar-refractivity contribution >= 4 is 51.6 Å². The minimum atomic E-state index is 0.0588. The molecule has 1 amide bonds. The molecular weight excluding hydrogens is 753 g/mol. The van der Waals surface area contributed by atoms with Gasteiger partial charge in [0.2, 0.25) is 11.9 Å². The first kappa shape index (κ1) is 37.8. The lowest BCUT2D eigenvalue weighted by Crippen LogP contribution is -2.47. The van der Waals surface area contributed by atoms with Gasteiger partial charge in [0.1, 0.15) is 11.0 Å². The van der Waals surface area contributed by atoms with Crippen molar-refractivity contribution in [2.24, 2.45) is 0 Å². The Morgan fingerprint density at radius 1 is 0.559 bits per heavy atom. The fourth-order valence-electron chi connectivity index (χ4n) is 7.26. The largest absolute Gasteiger partial charge is 0.336 e. The zero-order valence-corrected chi connectivity index (χ0v) is 33.7. The summed E-state index contributed by atoms with van der Waals surface area (Å²) in [5.41, 5.74) is 17.3. The fourth-order valence-corrected chi connectivity index (χ4v) is 7.66. The number of hydrazine groups is 1. The second-order valence-electron chi connectivity index (χ2n) is 14.6. The predicted molar refractivity (Wildman–Crippen MR) is 236 cm³/mol. The summed E-state index contributed by atoms with van der Waals surface area (Å²) in [5.74, 6) is 0.794. The average Bonchev–Trinajstić information content (AvgIpc) is 3.29. The summed E-state index contributed by atoms with van der Waals surface area (Å²) in [7, 11) is 2.08. The fraction of sp³-hybridized carbons (Fsp3) is 0.170. The van der Waals surface area contributed by atoms with E-state index in [1.807, 2.05) is 89.8 Å². The number of nitrogens with one attached hydrogen (secondary N) is 2. The first-order chi connectivity index (χ1) is 29.0. The molecule has 8 aromatic rings. The number of nitrogens with zero attached hydrogens (tertiary/aromatic N) is 8. The van der Waals surface area contributed by atoms with Crippen LogP contribution in [0.5, 0.6) is 0 Å². The molecule has 0 saturated carbocycles. The smallest absolute Gasteiger partial charge is 0.253 e. The number of carbonyl (C=O) groups is 1. The minimum absolute atomic E-state index is 0.0588. The molecule has 1 aliphatic heterocycles. The van der Waals surface area contributed by atoms with Gasteiger partial charge in [-0.3, -0.25) is 15.6 Å². The summed E-state index contributed by atoms with van der Waals surface area (Å²) in [6, 6.07) is 44.5. The van der Waals surface area contributed by atoms with Gasteiger partial charge in [0.05, 0.1) is 33.8 Å². The Labute approximate surface area is 347 Å². The van der Waals surface area contributed by atoms with Crippen molar-refractivity contribution in [3.05, 3.63) is 162 Å². The van der Waals surface area contributed by atoms with Gasteiger partial charge in [-0.25, -0.2) is 29.9 Å². The summed E-state index contributed by atoms with van der Waals surface area (Å²) in [6.07, 6.45) is 3.19. The van der Waals surface area contributed by atoms with Crippen molar-refractivity contribution in [3.8, 4) is 22.5 Å². The van der Waals surface area contributed by atoms with Gasteiger partial charge in [-0.05, 0) is 73.0 Å². The van der Waals surface area contributed by atoms with E-state index < -0.39 is 0 Å². The lowest BCUT2D eigenvalue weighted by molar-refractivity contribution is 0.0664. The molecule has 1 fully saturated rings. The molecule has 59 heavy (non-hydrogen) atoms. The highest BCUT2D eigenvalue weighted by atomic mass is 32.2. The van der Waals surface area contributed by atoms with Crippen LogP contribution in [-0.4, -0.2) is 85.1 Å². The number of fused-ring (bicyclic) bond motifs is 2. The number of rotatable bonds is 11. The molecule has 4 aromatic carbocycles. The molecule has 11 nitrogen and oxygen atoms in total. The lowest BCUT2D eigenvalue weighted by Gasteiger charge is -2.32. The first-order valence-electron chi connectivity index (χ1n) is 19.6. The maximum Gasteiger partial charge on any atom is 0.253 e. The van der Waals surface area contributed by atoms with E-state index in [1.54, 1.807) is 11.8 Å². The summed E-state index contributed by atoms with van der Waals surface area (Å²) in [5, 5.41) is 0. The molecule has 0 radical (unpaired) electrons. The molecule has 0 unspecified atom stereocenters. The quantitative estimate of drug-likeness (QED) is 0.0969. The Hall–Kier alpha value is -6.76. The number of amides is 1. The molecule has 5 heterocycles. The molecule has 292 valence electrons. The van der Waals surface area contributed by atoms with Crippen LogP contribution in [0.1, 0.15) is 32.9 Å². The lowest BCUT2D eigenvalue weighted by atomic mass is 10.1. The van der Waals surface area contributed by atoms with Crippen LogP contribution in [0.25, 0.3) is 44.6 Å². The van der Waals surface area contributed by atoms with Crippen LogP contribution in [0.4, 0.5) is 11.9 Å². The van der Waals surface area contributed by atoms with Gasteiger partial charge in [0.25, 0.3) is 5.91 Å². The normalized spacial score (nSPS) is 13.2. The van der Waals surface area contributed by atoms with E-state index in [1.165, 1.54) is 4.90 Å². The second kappa shape index (κ2) is 17.0. The number of pyridine rings is 2. The maximum absolute atomic E-state index is 13.2. The van der Waals surface area contributed by atoms with Crippen molar-refractivity contribution in [1.29, 1.82) is 0 Å². The van der Waals surface area contributed by atoms with Gasteiger partial charge in [0.15, 0.2) is 0 Å². The molecule has 2 N–H and O–H groups in total. The minimum Gasteiger partial charge on any atom is -0.336 e.